The average molecular weight is 512 g/mol. The van der Waals surface area contributed by atoms with Crippen LogP contribution in [0.3, 0.4) is 0 Å². The van der Waals surface area contributed by atoms with Crippen molar-refractivity contribution in [1.29, 1.82) is 0 Å². The Morgan fingerprint density at radius 3 is 2.57 bits per heavy atom. The molecule has 2 aromatic carbocycles. The van der Waals surface area contributed by atoms with Crippen LogP contribution in [-0.2, 0) is 14.3 Å². The molecule has 2 aliphatic heterocycles. The van der Waals surface area contributed by atoms with Crippen LogP contribution in [0.5, 0.6) is 5.75 Å². The van der Waals surface area contributed by atoms with Gasteiger partial charge in [0.2, 0.25) is 11.8 Å². The van der Waals surface area contributed by atoms with Crippen molar-refractivity contribution < 1.29 is 37.8 Å². The number of ether oxygens (including phenoxy) is 2. The molecule has 3 N–H and O–H groups in total. The van der Waals surface area contributed by atoms with Gasteiger partial charge in [-0.3, -0.25) is 34.2 Å². The molecule has 1 atom stereocenters. The van der Waals surface area contributed by atoms with Crippen LogP contribution in [0.2, 0.25) is 0 Å². The summed E-state index contributed by atoms with van der Waals surface area (Å²) in [5.74, 6) is -3.11. The zero-order valence-electron chi connectivity index (χ0n) is 20.0. The molecule has 0 spiro atoms. The zero-order chi connectivity index (χ0) is 26.5. The third kappa shape index (κ3) is 5.59. The van der Waals surface area contributed by atoms with Crippen LogP contribution in [0.1, 0.15) is 43.9 Å². The molecule has 194 valence electrons. The summed E-state index contributed by atoms with van der Waals surface area (Å²) < 4.78 is 24.3. The minimum absolute atomic E-state index is 0.0538. The second kappa shape index (κ2) is 11.2. The van der Waals surface area contributed by atoms with Crippen molar-refractivity contribution in [2.24, 2.45) is 0 Å². The number of piperidine rings is 1. The number of benzene rings is 2. The van der Waals surface area contributed by atoms with Gasteiger partial charge in [-0.2, -0.15) is 0 Å². The summed E-state index contributed by atoms with van der Waals surface area (Å²) >= 11 is 0. The molecule has 1 unspecified atom stereocenters. The first kappa shape index (κ1) is 25.8. The summed E-state index contributed by atoms with van der Waals surface area (Å²) in [6, 6.07) is 7.56. The maximum absolute atomic E-state index is 13.8. The number of imide groups is 2. The molecule has 2 aliphatic rings. The van der Waals surface area contributed by atoms with Gasteiger partial charge in [-0.1, -0.05) is 0 Å². The Balaban J connectivity index is 1.22. The summed E-state index contributed by atoms with van der Waals surface area (Å²) in [6.07, 6.45) is 0.145. The number of methoxy groups -OCH3 is 1. The lowest BCUT2D eigenvalue weighted by Gasteiger charge is -2.27. The van der Waals surface area contributed by atoms with Crippen molar-refractivity contribution in [1.82, 2.24) is 15.5 Å². The van der Waals surface area contributed by atoms with E-state index in [0.717, 1.165) is 11.0 Å². The van der Waals surface area contributed by atoms with Crippen molar-refractivity contribution in [2.45, 2.75) is 18.9 Å². The van der Waals surface area contributed by atoms with E-state index in [1.807, 2.05) is 0 Å². The molecule has 0 radical (unpaired) electrons. The highest BCUT2D eigenvalue weighted by atomic mass is 19.1. The SMILES string of the molecule is COc1ccc(F)c(C(=O)NCCOCCNc2ccc3c(c2)C(=O)N(C2CCC(=O)NC2=O)C3=O)c1. The Labute approximate surface area is 211 Å². The molecule has 37 heavy (non-hydrogen) atoms. The van der Waals surface area contributed by atoms with Gasteiger partial charge in [0, 0.05) is 25.2 Å². The lowest BCUT2D eigenvalue weighted by Crippen LogP contribution is -2.54. The third-order valence-electron chi connectivity index (χ3n) is 5.97. The standard InChI is InChI=1S/C25H25FN4O7/c1-36-15-3-5-19(26)18(13-15)22(32)28-9-11-37-10-8-27-14-2-4-16-17(12-14)25(35)30(24(16)34)20-6-7-21(31)29-23(20)33/h2-5,12-13,20,27H,6-11H2,1H3,(H,28,32)(H,29,31,33). The van der Waals surface area contributed by atoms with Gasteiger partial charge in [0.05, 0.1) is 37.0 Å². The number of anilines is 1. The van der Waals surface area contributed by atoms with E-state index in [0.29, 0.717) is 18.0 Å². The van der Waals surface area contributed by atoms with Crippen LogP contribution in [0.15, 0.2) is 36.4 Å². The summed E-state index contributed by atoms with van der Waals surface area (Å²) in [5.41, 5.74) is 0.824. The summed E-state index contributed by atoms with van der Waals surface area (Å²) in [6.45, 7) is 1.00. The van der Waals surface area contributed by atoms with Crippen molar-refractivity contribution in [3.63, 3.8) is 0 Å². The van der Waals surface area contributed by atoms with Gasteiger partial charge in [-0.05, 0) is 42.8 Å². The normalized spacial score (nSPS) is 16.9. The summed E-state index contributed by atoms with van der Waals surface area (Å²) in [5, 5.41) is 7.82. The Bertz CT molecular complexity index is 1270. The summed E-state index contributed by atoms with van der Waals surface area (Å²) in [7, 11) is 1.42. The molecule has 11 nitrogen and oxygen atoms in total. The minimum atomic E-state index is -1.02. The van der Waals surface area contributed by atoms with Crippen LogP contribution in [0.4, 0.5) is 10.1 Å². The molecular formula is C25H25FN4O7. The molecule has 2 aromatic rings. The topological polar surface area (TPSA) is 143 Å². The van der Waals surface area contributed by atoms with E-state index in [4.69, 9.17) is 9.47 Å². The number of amides is 5. The second-order valence-electron chi connectivity index (χ2n) is 8.35. The van der Waals surface area contributed by atoms with E-state index in [2.05, 4.69) is 16.0 Å². The highest BCUT2D eigenvalue weighted by molar-refractivity contribution is 6.23. The number of carbonyl (C=O) groups excluding carboxylic acids is 5. The predicted octanol–water partition coefficient (Wildman–Crippen LogP) is 1.09. The van der Waals surface area contributed by atoms with Crippen molar-refractivity contribution >= 4 is 35.2 Å². The number of nitrogens with zero attached hydrogens (tertiary/aromatic N) is 1. The van der Waals surface area contributed by atoms with Crippen LogP contribution in [-0.4, -0.2) is 73.9 Å². The molecule has 0 saturated carbocycles. The molecule has 0 bridgehead atoms. The van der Waals surface area contributed by atoms with E-state index in [-0.39, 0.29) is 49.3 Å². The first-order valence-corrected chi connectivity index (χ1v) is 11.6. The van der Waals surface area contributed by atoms with Gasteiger partial charge < -0.3 is 20.1 Å². The zero-order valence-corrected chi connectivity index (χ0v) is 20.0. The number of nitrogens with one attached hydrogen (secondary N) is 3. The minimum Gasteiger partial charge on any atom is -0.497 e. The van der Waals surface area contributed by atoms with Gasteiger partial charge in [0.25, 0.3) is 17.7 Å². The smallest absolute Gasteiger partial charge is 0.262 e. The number of hydrogen-bond donors (Lipinski definition) is 3. The fourth-order valence-corrected chi connectivity index (χ4v) is 4.09. The Morgan fingerprint density at radius 2 is 1.81 bits per heavy atom. The number of fused-ring (bicyclic) bond motifs is 1. The molecule has 5 amide bonds. The van der Waals surface area contributed by atoms with E-state index in [1.165, 1.54) is 31.4 Å². The predicted molar refractivity (Wildman–Crippen MR) is 128 cm³/mol. The van der Waals surface area contributed by atoms with E-state index in [1.54, 1.807) is 6.07 Å². The van der Waals surface area contributed by atoms with Crippen LogP contribution in [0.25, 0.3) is 0 Å². The Kier molecular flexibility index (Phi) is 7.77. The molecule has 1 saturated heterocycles. The number of hydrogen-bond acceptors (Lipinski definition) is 8. The van der Waals surface area contributed by atoms with E-state index < -0.39 is 41.4 Å². The Morgan fingerprint density at radius 1 is 1.05 bits per heavy atom. The van der Waals surface area contributed by atoms with Crippen molar-refractivity contribution in [3.8, 4) is 5.75 Å². The first-order valence-electron chi connectivity index (χ1n) is 11.6. The number of carbonyl (C=O) groups is 5. The Hall–Kier alpha value is -4.32. The molecule has 12 heteroatoms. The molecule has 4 rings (SSSR count). The quantitative estimate of drug-likeness (QED) is 0.317. The van der Waals surface area contributed by atoms with Crippen LogP contribution in [0, 0.1) is 5.82 Å². The maximum Gasteiger partial charge on any atom is 0.262 e. The third-order valence-corrected chi connectivity index (χ3v) is 5.97. The molecule has 1 fully saturated rings. The lowest BCUT2D eigenvalue weighted by atomic mass is 10.0. The first-order chi connectivity index (χ1) is 17.8. The van der Waals surface area contributed by atoms with Gasteiger partial charge in [0.1, 0.15) is 17.6 Å². The molecule has 0 aromatic heterocycles. The highest BCUT2D eigenvalue weighted by Crippen LogP contribution is 2.29. The van der Waals surface area contributed by atoms with Gasteiger partial charge in [0.15, 0.2) is 0 Å². The van der Waals surface area contributed by atoms with Crippen LogP contribution >= 0.6 is 0 Å². The number of rotatable bonds is 10. The van der Waals surface area contributed by atoms with Gasteiger partial charge >= 0.3 is 0 Å². The lowest BCUT2D eigenvalue weighted by molar-refractivity contribution is -0.136. The fraction of sp³-hybridized carbons (Fsp3) is 0.320. The molecular weight excluding hydrogens is 487 g/mol. The van der Waals surface area contributed by atoms with Crippen LogP contribution < -0.4 is 20.7 Å². The molecule has 0 aliphatic carbocycles. The maximum atomic E-state index is 13.8. The van der Waals surface area contributed by atoms with Crippen molar-refractivity contribution in [2.75, 3.05) is 38.7 Å². The second-order valence-corrected chi connectivity index (χ2v) is 8.35. The van der Waals surface area contributed by atoms with Crippen molar-refractivity contribution in [3.05, 3.63) is 58.9 Å². The largest absolute Gasteiger partial charge is 0.497 e. The van der Waals surface area contributed by atoms with Gasteiger partial charge in [-0.15, -0.1) is 0 Å². The van der Waals surface area contributed by atoms with E-state index in [9.17, 15) is 28.4 Å². The molecule has 2 heterocycles. The monoisotopic (exact) mass is 512 g/mol. The van der Waals surface area contributed by atoms with E-state index >= 15 is 0 Å². The highest BCUT2D eigenvalue weighted by Gasteiger charge is 2.44. The fourth-order valence-electron chi connectivity index (χ4n) is 4.09. The van der Waals surface area contributed by atoms with Gasteiger partial charge in [-0.25, -0.2) is 4.39 Å². The average Bonchev–Trinajstić information content (AvgIpc) is 3.13. The number of halogens is 1. The summed E-state index contributed by atoms with van der Waals surface area (Å²) in [4.78, 5) is 62.2.